The van der Waals surface area contributed by atoms with Crippen molar-refractivity contribution in [2.45, 2.75) is 26.4 Å². The zero-order chi connectivity index (χ0) is 11.4. The van der Waals surface area contributed by atoms with E-state index in [-0.39, 0.29) is 6.04 Å². The Kier molecular flexibility index (Phi) is 3.79. The molecule has 6 heteroatoms. The van der Waals surface area contributed by atoms with E-state index in [1.807, 2.05) is 6.92 Å². The van der Waals surface area contributed by atoms with E-state index >= 15 is 0 Å². The quantitative estimate of drug-likeness (QED) is 0.719. The van der Waals surface area contributed by atoms with E-state index in [1.165, 1.54) is 0 Å². The number of carboxylic acid groups (broad SMARTS) is 1. The Hall–Kier alpha value is -1.43. The van der Waals surface area contributed by atoms with Crippen molar-refractivity contribution in [3.05, 3.63) is 12.2 Å². The second-order valence-corrected chi connectivity index (χ2v) is 3.63. The van der Waals surface area contributed by atoms with Crippen molar-refractivity contribution in [1.29, 1.82) is 0 Å². The summed E-state index contributed by atoms with van der Waals surface area (Å²) in [6, 6.07) is -0.105. The Morgan fingerprint density at radius 3 is 2.80 bits per heavy atom. The number of hydrogen-bond donors (Lipinski definition) is 2. The Balaban J connectivity index is 2.40. The van der Waals surface area contributed by atoms with Crippen LogP contribution in [0.1, 0.15) is 19.7 Å². The molecule has 2 unspecified atom stereocenters. The van der Waals surface area contributed by atoms with Gasteiger partial charge in [-0.3, -0.25) is 9.48 Å². The number of rotatable bonds is 5. The van der Waals surface area contributed by atoms with Gasteiger partial charge in [-0.25, -0.2) is 4.98 Å². The first-order valence-electron chi connectivity index (χ1n) is 4.81. The number of carboxylic acids is 1. The highest BCUT2D eigenvalue weighted by molar-refractivity contribution is 5.70. The molecule has 0 aliphatic rings. The first kappa shape index (κ1) is 11.6. The van der Waals surface area contributed by atoms with Crippen molar-refractivity contribution < 1.29 is 9.90 Å². The number of nitrogens with zero attached hydrogens (tertiary/aromatic N) is 3. The molecule has 1 heterocycles. The normalized spacial score (nSPS) is 14.9. The standard InChI is InChI=1S/C9H16N4O2/c1-6(9(14)15)7(2)10-4-8-11-5-13(3)12-8/h5-7,10H,4H2,1-3H3,(H,14,15). The summed E-state index contributed by atoms with van der Waals surface area (Å²) >= 11 is 0. The maximum atomic E-state index is 10.7. The van der Waals surface area contributed by atoms with E-state index in [0.717, 1.165) is 0 Å². The van der Waals surface area contributed by atoms with Gasteiger partial charge in [-0.1, -0.05) is 6.92 Å². The third-order valence-electron chi connectivity index (χ3n) is 2.37. The van der Waals surface area contributed by atoms with Crippen LogP contribution < -0.4 is 5.32 Å². The fourth-order valence-electron chi connectivity index (χ4n) is 1.11. The molecule has 2 atom stereocenters. The molecule has 0 aromatic carbocycles. The van der Waals surface area contributed by atoms with Crippen LogP contribution in [0.15, 0.2) is 6.33 Å². The van der Waals surface area contributed by atoms with Crippen molar-refractivity contribution >= 4 is 5.97 Å². The number of aliphatic carboxylic acids is 1. The number of nitrogens with one attached hydrogen (secondary N) is 1. The fourth-order valence-corrected chi connectivity index (χ4v) is 1.11. The van der Waals surface area contributed by atoms with Crippen molar-refractivity contribution in [2.24, 2.45) is 13.0 Å². The third-order valence-corrected chi connectivity index (χ3v) is 2.37. The molecule has 0 radical (unpaired) electrons. The highest BCUT2D eigenvalue weighted by atomic mass is 16.4. The van der Waals surface area contributed by atoms with Crippen molar-refractivity contribution in [3.63, 3.8) is 0 Å². The summed E-state index contributed by atoms with van der Waals surface area (Å²) in [5.74, 6) is -0.556. The molecule has 2 N–H and O–H groups in total. The van der Waals surface area contributed by atoms with Crippen LogP contribution in [0.5, 0.6) is 0 Å². The van der Waals surface area contributed by atoms with E-state index in [9.17, 15) is 4.79 Å². The van der Waals surface area contributed by atoms with Crippen LogP contribution in [0.4, 0.5) is 0 Å². The highest BCUT2D eigenvalue weighted by Crippen LogP contribution is 2.02. The van der Waals surface area contributed by atoms with Crippen molar-refractivity contribution in [3.8, 4) is 0 Å². The molecule has 0 saturated heterocycles. The lowest BCUT2D eigenvalue weighted by Gasteiger charge is -2.16. The van der Waals surface area contributed by atoms with Gasteiger partial charge in [-0.05, 0) is 6.92 Å². The average molecular weight is 212 g/mol. The van der Waals surface area contributed by atoms with E-state index in [0.29, 0.717) is 12.4 Å². The Labute approximate surface area is 88.3 Å². The Morgan fingerprint density at radius 2 is 2.33 bits per heavy atom. The van der Waals surface area contributed by atoms with Gasteiger partial charge in [0.05, 0.1) is 12.5 Å². The smallest absolute Gasteiger partial charge is 0.307 e. The largest absolute Gasteiger partial charge is 0.481 e. The van der Waals surface area contributed by atoms with E-state index in [2.05, 4.69) is 15.4 Å². The van der Waals surface area contributed by atoms with Gasteiger partial charge in [-0.2, -0.15) is 5.10 Å². The topological polar surface area (TPSA) is 80.0 Å². The van der Waals surface area contributed by atoms with Crippen molar-refractivity contribution in [1.82, 2.24) is 20.1 Å². The number of aromatic nitrogens is 3. The van der Waals surface area contributed by atoms with Crippen LogP contribution in [-0.4, -0.2) is 31.9 Å². The van der Waals surface area contributed by atoms with Crippen molar-refractivity contribution in [2.75, 3.05) is 0 Å². The molecule has 0 spiro atoms. The van der Waals surface area contributed by atoms with Crippen LogP contribution in [0.3, 0.4) is 0 Å². The SMILES string of the molecule is CC(NCc1ncn(C)n1)C(C)C(=O)O. The number of carbonyl (C=O) groups is 1. The second kappa shape index (κ2) is 4.88. The molecule has 0 amide bonds. The molecule has 84 valence electrons. The predicted molar refractivity (Wildman–Crippen MR) is 54.1 cm³/mol. The van der Waals surface area contributed by atoms with Crippen LogP contribution in [0, 0.1) is 5.92 Å². The molecule has 15 heavy (non-hydrogen) atoms. The van der Waals surface area contributed by atoms with Gasteiger partial charge in [0, 0.05) is 13.1 Å². The van der Waals surface area contributed by atoms with Gasteiger partial charge in [0.2, 0.25) is 0 Å². The van der Waals surface area contributed by atoms with Crippen LogP contribution in [0.2, 0.25) is 0 Å². The number of aryl methyl sites for hydroxylation is 1. The summed E-state index contributed by atoms with van der Waals surface area (Å²) < 4.78 is 1.61. The van der Waals surface area contributed by atoms with E-state index in [1.54, 1.807) is 25.0 Å². The molecule has 0 aliphatic carbocycles. The van der Waals surface area contributed by atoms with Gasteiger partial charge in [-0.15, -0.1) is 0 Å². The molecule has 6 nitrogen and oxygen atoms in total. The van der Waals surface area contributed by atoms with Gasteiger partial charge in [0.25, 0.3) is 0 Å². The first-order chi connectivity index (χ1) is 7.00. The summed E-state index contributed by atoms with van der Waals surface area (Å²) in [7, 11) is 1.79. The van der Waals surface area contributed by atoms with Gasteiger partial charge < -0.3 is 10.4 Å². The zero-order valence-electron chi connectivity index (χ0n) is 9.14. The molecule has 1 rings (SSSR count). The molecule has 0 fully saturated rings. The van der Waals surface area contributed by atoms with Crippen LogP contribution in [0.25, 0.3) is 0 Å². The minimum absolute atomic E-state index is 0.105. The third kappa shape index (κ3) is 3.32. The minimum atomic E-state index is -0.802. The van der Waals surface area contributed by atoms with Gasteiger partial charge in [0.15, 0.2) is 5.82 Å². The zero-order valence-corrected chi connectivity index (χ0v) is 9.14. The predicted octanol–water partition coefficient (Wildman–Crippen LogP) is 0.0139. The van der Waals surface area contributed by atoms with Gasteiger partial charge in [0.1, 0.15) is 6.33 Å². The first-order valence-corrected chi connectivity index (χ1v) is 4.81. The van der Waals surface area contributed by atoms with Crippen LogP contribution >= 0.6 is 0 Å². The molecule has 0 aliphatic heterocycles. The summed E-state index contributed by atoms with van der Waals surface area (Å²) in [5.41, 5.74) is 0. The molecular weight excluding hydrogens is 196 g/mol. The van der Waals surface area contributed by atoms with E-state index in [4.69, 9.17) is 5.11 Å². The lowest BCUT2D eigenvalue weighted by molar-refractivity contribution is -0.141. The molecular formula is C9H16N4O2. The Morgan fingerprint density at radius 1 is 1.67 bits per heavy atom. The van der Waals surface area contributed by atoms with Crippen LogP contribution in [-0.2, 0) is 18.4 Å². The Bertz CT molecular complexity index is 337. The highest BCUT2D eigenvalue weighted by Gasteiger charge is 2.18. The monoisotopic (exact) mass is 212 g/mol. The molecule has 0 bridgehead atoms. The summed E-state index contributed by atoms with van der Waals surface area (Å²) in [6.45, 7) is 3.99. The summed E-state index contributed by atoms with van der Waals surface area (Å²) in [4.78, 5) is 14.7. The average Bonchev–Trinajstić information content (AvgIpc) is 2.59. The second-order valence-electron chi connectivity index (χ2n) is 3.63. The lowest BCUT2D eigenvalue weighted by Crippen LogP contribution is -2.36. The molecule has 1 aromatic rings. The molecule has 1 aromatic heterocycles. The minimum Gasteiger partial charge on any atom is -0.481 e. The fraction of sp³-hybridized carbons (Fsp3) is 0.667. The summed E-state index contributed by atoms with van der Waals surface area (Å²) in [6.07, 6.45) is 1.61. The maximum absolute atomic E-state index is 10.7. The summed E-state index contributed by atoms with van der Waals surface area (Å²) in [5, 5.41) is 15.9. The van der Waals surface area contributed by atoms with E-state index < -0.39 is 11.9 Å². The maximum Gasteiger partial charge on any atom is 0.307 e. The number of hydrogen-bond acceptors (Lipinski definition) is 4. The van der Waals surface area contributed by atoms with Gasteiger partial charge >= 0.3 is 5.97 Å². The molecule has 0 saturated carbocycles. The lowest BCUT2D eigenvalue weighted by atomic mass is 10.0.